The Morgan fingerprint density at radius 1 is 1.07 bits per heavy atom. The van der Waals surface area contributed by atoms with Crippen LogP contribution in [0.5, 0.6) is 0 Å². The quantitative estimate of drug-likeness (QED) is 0.608. The van der Waals surface area contributed by atoms with E-state index in [1.807, 2.05) is 0 Å². The molecule has 0 bridgehead atoms. The zero-order valence-corrected chi connectivity index (χ0v) is 16.2. The van der Waals surface area contributed by atoms with Gasteiger partial charge in [0.15, 0.2) is 5.78 Å². The zero-order chi connectivity index (χ0) is 18.3. The van der Waals surface area contributed by atoms with Gasteiger partial charge in [-0.15, -0.1) is 0 Å². The lowest BCUT2D eigenvalue weighted by Gasteiger charge is -2.59. The fraction of sp³-hybridized carbons (Fsp3) is 0.750. The Morgan fingerprint density at radius 3 is 2.70 bits per heavy atom. The van der Waals surface area contributed by atoms with E-state index in [1.165, 1.54) is 24.8 Å². The van der Waals surface area contributed by atoms with Crippen molar-refractivity contribution in [2.75, 3.05) is 0 Å². The monoisotopic (exact) mass is 364 g/mol. The molecule has 1 heterocycles. The fourth-order valence-electron chi connectivity index (χ4n) is 9.34. The van der Waals surface area contributed by atoms with Gasteiger partial charge in [-0.2, -0.15) is 0 Å². The average Bonchev–Trinajstić information content (AvgIpc) is 3.53. The maximum absolute atomic E-state index is 12.1. The van der Waals surface area contributed by atoms with Crippen LogP contribution in [0.15, 0.2) is 23.8 Å². The topological polar surface area (TPSA) is 43.4 Å². The van der Waals surface area contributed by atoms with Crippen molar-refractivity contribution in [3.05, 3.63) is 23.8 Å². The number of ether oxygens (including phenoxy) is 1. The van der Waals surface area contributed by atoms with Crippen molar-refractivity contribution < 1.29 is 14.3 Å². The van der Waals surface area contributed by atoms with Crippen molar-refractivity contribution in [3.8, 4) is 0 Å². The van der Waals surface area contributed by atoms with Crippen molar-refractivity contribution in [1.29, 1.82) is 0 Å². The molecule has 3 nitrogen and oxygen atoms in total. The summed E-state index contributed by atoms with van der Waals surface area (Å²) in [5.74, 6) is 5.17. The van der Waals surface area contributed by atoms with Crippen LogP contribution in [0.2, 0.25) is 0 Å². The minimum atomic E-state index is -0.311. The first-order chi connectivity index (χ1) is 12.9. The highest BCUT2D eigenvalue weighted by Crippen LogP contribution is 2.81. The van der Waals surface area contributed by atoms with Crippen molar-refractivity contribution in [3.63, 3.8) is 0 Å². The summed E-state index contributed by atoms with van der Waals surface area (Å²) in [7, 11) is 0. The van der Waals surface area contributed by atoms with Crippen molar-refractivity contribution in [1.82, 2.24) is 0 Å². The maximum Gasteiger partial charge on any atom is 0.331 e. The SMILES string of the molecule is C[C@]12CCC(=O)C=C1[C@@H]1CC1C1C2CC[C@@]2(C)C1[C@@H]1C[C@@H]1[C@@]21C=CC(=O)O1. The molecule has 0 aromatic heterocycles. The molecule has 0 saturated heterocycles. The van der Waals surface area contributed by atoms with Gasteiger partial charge in [-0.3, -0.25) is 4.79 Å². The molecule has 3 heteroatoms. The fourth-order valence-corrected chi connectivity index (χ4v) is 9.34. The van der Waals surface area contributed by atoms with Gasteiger partial charge in [0.05, 0.1) is 0 Å². The minimum Gasteiger partial charge on any atom is -0.451 e. The van der Waals surface area contributed by atoms with Crippen molar-refractivity contribution in [2.45, 2.75) is 58.0 Å². The Bertz CT molecular complexity index is 869. The summed E-state index contributed by atoms with van der Waals surface area (Å²) in [6.45, 7) is 4.92. The first-order valence-corrected chi connectivity index (χ1v) is 11.1. The standard InChI is InChI=1S/C24H28O3/c1-22-6-3-12(25)9-17(22)13-10-14(13)20-16(22)4-7-23(2)21(20)15-11-18(15)24(23)8-5-19(26)27-24/h5,8-9,13-16,18,20-21H,3-4,6-7,10-11H2,1-2H3/t13-,14?,15-,16?,18+,20?,21?,22-,23+,24+/m1/s1. The van der Waals surface area contributed by atoms with Crippen LogP contribution in [0.3, 0.4) is 0 Å². The number of esters is 1. The average molecular weight is 364 g/mol. The van der Waals surface area contributed by atoms with Crippen LogP contribution < -0.4 is 0 Å². The second-order valence-electron chi connectivity index (χ2n) is 11.2. The molecule has 0 aromatic carbocycles. The van der Waals surface area contributed by atoms with E-state index in [-0.39, 0.29) is 22.4 Å². The highest BCUT2D eigenvalue weighted by molar-refractivity contribution is 5.92. The van der Waals surface area contributed by atoms with Crippen LogP contribution in [-0.2, 0) is 14.3 Å². The summed E-state index contributed by atoms with van der Waals surface area (Å²) in [5.41, 5.74) is 1.55. The Morgan fingerprint density at radius 2 is 1.93 bits per heavy atom. The molecule has 5 saturated carbocycles. The lowest BCUT2D eigenvalue weighted by molar-refractivity contribution is -0.170. The number of rotatable bonds is 0. The van der Waals surface area contributed by atoms with Crippen LogP contribution in [0.1, 0.15) is 52.4 Å². The molecule has 7 aliphatic rings. The van der Waals surface area contributed by atoms with Gasteiger partial charge >= 0.3 is 5.97 Å². The van der Waals surface area contributed by atoms with E-state index in [1.54, 1.807) is 6.08 Å². The van der Waals surface area contributed by atoms with E-state index in [0.29, 0.717) is 23.5 Å². The molecular weight excluding hydrogens is 336 g/mol. The molecule has 27 heavy (non-hydrogen) atoms. The van der Waals surface area contributed by atoms with E-state index >= 15 is 0 Å². The number of hydrogen-bond acceptors (Lipinski definition) is 3. The Labute approximate surface area is 160 Å². The Kier molecular flexibility index (Phi) is 2.46. The molecule has 1 spiro atoms. The van der Waals surface area contributed by atoms with Gasteiger partial charge in [0, 0.05) is 23.8 Å². The predicted octanol–water partition coefficient (Wildman–Crippen LogP) is 4.08. The molecule has 142 valence electrons. The molecule has 6 aliphatic carbocycles. The first kappa shape index (κ1) is 15.5. The molecule has 4 unspecified atom stereocenters. The Hall–Kier alpha value is -1.38. The number of hydrogen-bond donors (Lipinski definition) is 0. The molecule has 10 atom stereocenters. The smallest absolute Gasteiger partial charge is 0.331 e. The maximum atomic E-state index is 12.1. The third-order valence-electron chi connectivity index (χ3n) is 10.5. The van der Waals surface area contributed by atoms with E-state index in [2.05, 4.69) is 26.0 Å². The second-order valence-corrected chi connectivity index (χ2v) is 11.2. The van der Waals surface area contributed by atoms with Gasteiger partial charge in [0.2, 0.25) is 0 Å². The predicted molar refractivity (Wildman–Crippen MR) is 99.4 cm³/mol. The number of ketones is 1. The van der Waals surface area contributed by atoms with Gasteiger partial charge in [-0.25, -0.2) is 4.79 Å². The summed E-state index contributed by atoms with van der Waals surface area (Å²) >= 11 is 0. The summed E-state index contributed by atoms with van der Waals surface area (Å²) in [6, 6.07) is 0. The molecule has 0 N–H and O–H groups in total. The number of fused-ring (bicyclic) bond motifs is 12. The summed E-state index contributed by atoms with van der Waals surface area (Å²) < 4.78 is 6.10. The number of carbonyl (C=O) groups excluding carboxylic acids is 2. The van der Waals surface area contributed by atoms with Gasteiger partial charge in [0.1, 0.15) is 5.60 Å². The van der Waals surface area contributed by atoms with E-state index in [9.17, 15) is 9.59 Å². The second kappa shape index (κ2) is 4.28. The summed E-state index contributed by atoms with van der Waals surface area (Å²) in [5, 5.41) is 0. The van der Waals surface area contributed by atoms with Gasteiger partial charge < -0.3 is 4.74 Å². The van der Waals surface area contributed by atoms with E-state index in [4.69, 9.17) is 4.74 Å². The normalized spacial score (nSPS) is 61.4. The third kappa shape index (κ3) is 1.53. The Balaban J connectivity index is 1.34. The highest BCUT2D eigenvalue weighted by Gasteiger charge is 2.80. The van der Waals surface area contributed by atoms with Gasteiger partial charge in [-0.05, 0) is 85.2 Å². The van der Waals surface area contributed by atoms with Crippen LogP contribution >= 0.6 is 0 Å². The molecule has 0 aromatic rings. The summed E-state index contributed by atoms with van der Waals surface area (Å²) in [6.07, 6.45) is 12.6. The molecular formula is C24H28O3. The zero-order valence-electron chi connectivity index (χ0n) is 16.2. The van der Waals surface area contributed by atoms with Crippen LogP contribution in [-0.4, -0.2) is 17.4 Å². The van der Waals surface area contributed by atoms with E-state index in [0.717, 1.165) is 42.9 Å². The lowest BCUT2D eigenvalue weighted by Crippen LogP contribution is -2.57. The molecule has 7 rings (SSSR count). The van der Waals surface area contributed by atoms with Crippen LogP contribution in [0, 0.1) is 52.3 Å². The van der Waals surface area contributed by atoms with Crippen LogP contribution in [0.25, 0.3) is 0 Å². The third-order valence-corrected chi connectivity index (χ3v) is 10.5. The largest absolute Gasteiger partial charge is 0.451 e. The number of allylic oxidation sites excluding steroid dienone is 1. The van der Waals surface area contributed by atoms with E-state index < -0.39 is 0 Å². The molecule has 0 amide bonds. The molecule has 0 radical (unpaired) electrons. The van der Waals surface area contributed by atoms with Crippen LogP contribution in [0.4, 0.5) is 0 Å². The first-order valence-electron chi connectivity index (χ1n) is 11.1. The van der Waals surface area contributed by atoms with Gasteiger partial charge in [-0.1, -0.05) is 19.4 Å². The van der Waals surface area contributed by atoms with Crippen molar-refractivity contribution >= 4 is 11.8 Å². The van der Waals surface area contributed by atoms with Gasteiger partial charge in [0.25, 0.3) is 0 Å². The number of carbonyl (C=O) groups is 2. The highest BCUT2D eigenvalue weighted by atomic mass is 16.6. The minimum absolute atomic E-state index is 0.111. The molecule has 1 aliphatic heterocycles. The summed E-state index contributed by atoms with van der Waals surface area (Å²) in [4.78, 5) is 24.2. The molecule has 5 fully saturated rings. The lowest BCUT2D eigenvalue weighted by atomic mass is 9.45. The van der Waals surface area contributed by atoms with Crippen molar-refractivity contribution in [2.24, 2.45) is 52.3 Å².